The maximum atomic E-state index is 13.2. The van der Waals surface area contributed by atoms with Crippen molar-refractivity contribution in [3.05, 3.63) is 57.6 Å². The Morgan fingerprint density at radius 3 is 2.34 bits per heavy atom. The molecule has 2 aromatic rings. The highest BCUT2D eigenvalue weighted by Gasteiger charge is 2.46. The molecule has 3 rings (SSSR count). The van der Waals surface area contributed by atoms with Crippen LogP contribution < -0.4 is 14.2 Å². The maximum Gasteiger partial charge on any atom is 0.295 e. The number of hydrogen-bond acceptors (Lipinski definition) is 7. The van der Waals surface area contributed by atoms with E-state index in [2.05, 4.69) is 15.9 Å². The lowest BCUT2D eigenvalue weighted by atomic mass is 9.95. The van der Waals surface area contributed by atoms with E-state index in [-0.39, 0.29) is 11.3 Å². The first kappa shape index (κ1) is 26.6. The number of nitrogens with zero attached hydrogens (tertiary/aromatic N) is 2. The van der Waals surface area contributed by atoms with Crippen molar-refractivity contribution in [3.8, 4) is 17.2 Å². The van der Waals surface area contributed by atoms with Gasteiger partial charge in [0.05, 0.1) is 36.9 Å². The van der Waals surface area contributed by atoms with Crippen LogP contribution in [0.5, 0.6) is 17.2 Å². The molecular weight excluding hydrogens is 516 g/mol. The third-order valence-corrected chi connectivity index (χ3v) is 6.39. The van der Waals surface area contributed by atoms with Crippen molar-refractivity contribution in [2.75, 3.05) is 48.0 Å². The standard InChI is InChI=1S/C26H31BrN2O6/c1-6-35-20-11-8-16(15-21(20)34-5)23-22(24(30)17-9-10-19(33-4)18(27)14-17)25(31)26(32)29(23)13-7-12-28(2)3/h8-11,14-15,23,30H,6-7,12-13H2,1-5H3/b24-22-. The van der Waals surface area contributed by atoms with Gasteiger partial charge in [0.2, 0.25) is 0 Å². The second kappa shape index (κ2) is 11.6. The fraction of sp³-hybridized carbons (Fsp3) is 0.385. The molecule has 1 aliphatic rings. The smallest absolute Gasteiger partial charge is 0.295 e. The lowest BCUT2D eigenvalue weighted by Gasteiger charge is -2.26. The molecule has 0 aliphatic carbocycles. The zero-order valence-electron chi connectivity index (χ0n) is 20.6. The molecule has 1 heterocycles. The molecule has 0 bridgehead atoms. The molecular formula is C26H31BrN2O6. The van der Waals surface area contributed by atoms with Gasteiger partial charge in [0.1, 0.15) is 11.5 Å². The molecule has 0 radical (unpaired) electrons. The molecule has 1 amide bonds. The largest absolute Gasteiger partial charge is 0.507 e. The first-order valence-corrected chi connectivity index (χ1v) is 12.1. The Morgan fingerprint density at radius 2 is 1.74 bits per heavy atom. The van der Waals surface area contributed by atoms with Crippen LogP contribution in [0.3, 0.4) is 0 Å². The van der Waals surface area contributed by atoms with Crippen LogP contribution in [-0.2, 0) is 9.59 Å². The quantitative estimate of drug-likeness (QED) is 0.271. The van der Waals surface area contributed by atoms with Gasteiger partial charge < -0.3 is 29.1 Å². The zero-order valence-corrected chi connectivity index (χ0v) is 22.2. The summed E-state index contributed by atoms with van der Waals surface area (Å²) in [5, 5.41) is 11.3. The van der Waals surface area contributed by atoms with Gasteiger partial charge in [0.15, 0.2) is 11.5 Å². The molecule has 1 fully saturated rings. The molecule has 1 saturated heterocycles. The lowest BCUT2D eigenvalue weighted by molar-refractivity contribution is -0.139. The van der Waals surface area contributed by atoms with E-state index in [1.807, 2.05) is 25.9 Å². The van der Waals surface area contributed by atoms with E-state index < -0.39 is 17.7 Å². The van der Waals surface area contributed by atoms with Gasteiger partial charge in [0, 0.05) is 12.1 Å². The zero-order chi connectivity index (χ0) is 25.7. The number of methoxy groups -OCH3 is 2. The van der Waals surface area contributed by atoms with Crippen LogP contribution in [-0.4, -0.2) is 74.6 Å². The second-order valence-corrected chi connectivity index (χ2v) is 9.20. The molecule has 1 aliphatic heterocycles. The van der Waals surface area contributed by atoms with Gasteiger partial charge in [0.25, 0.3) is 11.7 Å². The molecule has 35 heavy (non-hydrogen) atoms. The molecule has 1 N–H and O–H groups in total. The monoisotopic (exact) mass is 546 g/mol. The molecule has 1 atom stereocenters. The Labute approximate surface area is 214 Å². The summed E-state index contributed by atoms with van der Waals surface area (Å²) in [4.78, 5) is 29.9. The van der Waals surface area contributed by atoms with Crippen LogP contribution in [0, 0.1) is 0 Å². The van der Waals surface area contributed by atoms with Crippen LogP contribution >= 0.6 is 15.9 Å². The first-order chi connectivity index (χ1) is 16.7. The second-order valence-electron chi connectivity index (χ2n) is 8.34. The number of ether oxygens (including phenoxy) is 3. The number of likely N-dealkylation sites (tertiary alicyclic amines) is 1. The average Bonchev–Trinajstić information content (AvgIpc) is 3.08. The number of halogens is 1. The summed E-state index contributed by atoms with van der Waals surface area (Å²) in [6.07, 6.45) is 0.665. The highest BCUT2D eigenvalue weighted by atomic mass is 79.9. The number of amides is 1. The number of aliphatic hydroxyl groups is 1. The number of Topliss-reactive ketones (excluding diaryl/α,β-unsaturated/α-hetero) is 1. The van der Waals surface area contributed by atoms with E-state index in [0.29, 0.717) is 52.4 Å². The fourth-order valence-corrected chi connectivity index (χ4v) is 4.65. The molecule has 188 valence electrons. The topological polar surface area (TPSA) is 88.5 Å². The van der Waals surface area contributed by atoms with Crippen molar-refractivity contribution in [1.29, 1.82) is 0 Å². The van der Waals surface area contributed by atoms with E-state index in [0.717, 1.165) is 6.54 Å². The lowest BCUT2D eigenvalue weighted by Crippen LogP contribution is -2.32. The van der Waals surface area contributed by atoms with Gasteiger partial charge >= 0.3 is 0 Å². The normalized spacial score (nSPS) is 17.2. The Hall–Kier alpha value is -3.04. The Kier molecular flexibility index (Phi) is 8.80. The summed E-state index contributed by atoms with van der Waals surface area (Å²) >= 11 is 3.42. The minimum atomic E-state index is -0.775. The summed E-state index contributed by atoms with van der Waals surface area (Å²) in [6.45, 7) is 3.44. The van der Waals surface area contributed by atoms with E-state index >= 15 is 0 Å². The van der Waals surface area contributed by atoms with Crippen LogP contribution in [0.4, 0.5) is 0 Å². The fourth-order valence-electron chi connectivity index (χ4n) is 4.11. The van der Waals surface area contributed by atoms with Crippen molar-refractivity contribution in [1.82, 2.24) is 9.80 Å². The summed E-state index contributed by atoms with van der Waals surface area (Å²) in [7, 11) is 6.97. The van der Waals surface area contributed by atoms with E-state index in [4.69, 9.17) is 14.2 Å². The van der Waals surface area contributed by atoms with Crippen LogP contribution in [0.1, 0.15) is 30.5 Å². The predicted molar refractivity (Wildman–Crippen MR) is 137 cm³/mol. The van der Waals surface area contributed by atoms with Gasteiger partial charge in [-0.1, -0.05) is 6.07 Å². The number of rotatable bonds is 10. The van der Waals surface area contributed by atoms with E-state index in [1.165, 1.54) is 19.1 Å². The Morgan fingerprint density at radius 1 is 1.06 bits per heavy atom. The minimum Gasteiger partial charge on any atom is -0.507 e. The van der Waals surface area contributed by atoms with E-state index in [1.54, 1.807) is 36.4 Å². The van der Waals surface area contributed by atoms with Crippen molar-refractivity contribution >= 4 is 33.4 Å². The van der Waals surface area contributed by atoms with Crippen LogP contribution in [0.15, 0.2) is 46.4 Å². The van der Waals surface area contributed by atoms with Crippen molar-refractivity contribution in [2.45, 2.75) is 19.4 Å². The molecule has 0 aromatic heterocycles. The van der Waals surface area contributed by atoms with Gasteiger partial charge in [-0.05, 0) is 85.8 Å². The summed E-state index contributed by atoms with van der Waals surface area (Å²) in [6, 6.07) is 9.50. The number of benzene rings is 2. The van der Waals surface area contributed by atoms with Crippen molar-refractivity contribution in [2.24, 2.45) is 0 Å². The average molecular weight is 547 g/mol. The highest BCUT2D eigenvalue weighted by Crippen LogP contribution is 2.42. The van der Waals surface area contributed by atoms with Gasteiger partial charge in [-0.3, -0.25) is 9.59 Å². The number of ketones is 1. The van der Waals surface area contributed by atoms with Gasteiger partial charge in [-0.25, -0.2) is 0 Å². The number of aliphatic hydroxyl groups excluding tert-OH is 1. The number of carbonyl (C=O) groups is 2. The third-order valence-electron chi connectivity index (χ3n) is 5.77. The highest BCUT2D eigenvalue weighted by molar-refractivity contribution is 9.10. The summed E-state index contributed by atoms with van der Waals surface area (Å²) in [5.74, 6) is 0.00356. The third kappa shape index (κ3) is 5.62. The molecule has 8 nitrogen and oxygen atoms in total. The molecule has 2 aromatic carbocycles. The minimum absolute atomic E-state index is 0.0307. The summed E-state index contributed by atoms with van der Waals surface area (Å²) in [5.41, 5.74) is 1.07. The molecule has 0 saturated carbocycles. The maximum absolute atomic E-state index is 13.2. The van der Waals surface area contributed by atoms with Crippen LogP contribution in [0.2, 0.25) is 0 Å². The Balaban J connectivity index is 2.15. The van der Waals surface area contributed by atoms with Gasteiger partial charge in [-0.15, -0.1) is 0 Å². The van der Waals surface area contributed by atoms with Crippen molar-refractivity contribution < 1.29 is 28.9 Å². The number of carbonyl (C=O) groups excluding carboxylic acids is 2. The number of hydrogen-bond donors (Lipinski definition) is 1. The van der Waals surface area contributed by atoms with Crippen LogP contribution in [0.25, 0.3) is 5.76 Å². The first-order valence-electron chi connectivity index (χ1n) is 11.3. The van der Waals surface area contributed by atoms with Crippen molar-refractivity contribution in [3.63, 3.8) is 0 Å². The predicted octanol–water partition coefficient (Wildman–Crippen LogP) is 4.24. The Bertz CT molecular complexity index is 1130. The van der Waals surface area contributed by atoms with E-state index in [9.17, 15) is 14.7 Å². The molecule has 1 unspecified atom stereocenters. The molecule has 0 spiro atoms. The molecule has 9 heteroatoms. The summed E-state index contributed by atoms with van der Waals surface area (Å²) < 4.78 is 17.0. The van der Waals surface area contributed by atoms with Gasteiger partial charge in [-0.2, -0.15) is 0 Å². The SMILES string of the molecule is CCOc1ccc(C2/C(=C(/O)c3ccc(OC)c(Br)c3)C(=O)C(=O)N2CCCN(C)C)cc1OC.